The van der Waals surface area contributed by atoms with Crippen molar-refractivity contribution in [1.29, 1.82) is 0 Å². The van der Waals surface area contributed by atoms with Gasteiger partial charge in [-0.05, 0) is 33.7 Å². The highest BCUT2D eigenvalue weighted by Gasteiger charge is 2.22. The van der Waals surface area contributed by atoms with Gasteiger partial charge in [-0.15, -0.1) is 0 Å². The van der Waals surface area contributed by atoms with Crippen molar-refractivity contribution in [1.82, 2.24) is 15.0 Å². The zero-order valence-corrected chi connectivity index (χ0v) is 19.5. The Morgan fingerprint density at radius 1 is 0.618 bits per heavy atom. The molecule has 5 aromatic rings. The van der Waals surface area contributed by atoms with Gasteiger partial charge in [-0.2, -0.15) is 15.0 Å². The number of fused-ring (bicyclic) bond motifs is 2. The van der Waals surface area contributed by atoms with E-state index in [9.17, 15) is 10.2 Å². The number of phenols is 2. The van der Waals surface area contributed by atoms with Crippen molar-refractivity contribution >= 4 is 33.4 Å². The largest absolute Gasteiger partial charge is 0.507 e. The summed E-state index contributed by atoms with van der Waals surface area (Å²) in [7, 11) is 7.44. The molecule has 0 saturated heterocycles. The second-order valence-corrected chi connectivity index (χ2v) is 8.60. The van der Waals surface area contributed by atoms with E-state index in [1.165, 1.54) is 0 Å². The van der Waals surface area contributed by atoms with Gasteiger partial charge in [0, 0.05) is 39.3 Å². The lowest BCUT2D eigenvalue weighted by Crippen LogP contribution is -2.19. The SMILES string of the molecule is CN(C)c1nc(-c2cc3ccccc3c(-c3c(O)ccc4ccccc34)c2O)nc(N(C)C)n1. The topological polar surface area (TPSA) is 85.6 Å². The summed E-state index contributed by atoms with van der Waals surface area (Å²) in [6.07, 6.45) is 0. The van der Waals surface area contributed by atoms with Crippen LogP contribution in [0.15, 0.2) is 66.7 Å². The summed E-state index contributed by atoms with van der Waals surface area (Å²) < 4.78 is 0. The number of nitrogens with zero attached hydrogens (tertiary/aromatic N) is 5. The summed E-state index contributed by atoms with van der Waals surface area (Å²) in [6.45, 7) is 0. The van der Waals surface area contributed by atoms with Gasteiger partial charge < -0.3 is 20.0 Å². The van der Waals surface area contributed by atoms with Gasteiger partial charge in [0.15, 0.2) is 5.82 Å². The monoisotopic (exact) mass is 451 g/mol. The van der Waals surface area contributed by atoms with Crippen molar-refractivity contribution in [2.75, 3.05) is 38.0 Å². The maximum Gasteiger partial charge on any atom is 0.230 e. The first-order chi connectivity index (χ1) is 16.3. The highest BCUT2D eigenvalue weighted by Crippen LogP contribution is 2.48. The van der Waals surface area contributed by atoms with E-state index in [1.54, 1.807) is 15.9 Å². The molecule has 0 fully saturated rings. The van der Waals surface area contributed by atoms with Crippen LogP contribution in [0, 0.1) is 0 Å². The Balaban J connectivity index is 1.90. The molecule has 34 heavy (non-hydrogen) atoms. The van der Waals surface area contributed by atoms with Crippen molar-refractivity contribution < 1.29 is 10.2 Å². The third-order valence-electron chi connectivity index (χ3n) is 5.83. The number of hydrogen-bond acceptors (Lipinski definition) is 7. The van der Waals surface area contributed by atoms with Crippen LogP contribution < -0.4 is 9.80 Å². The Labute approximate surface area is 197 Å². The van der Waals surface area contributed by atoms with E-state index in [2.05, 4.69) is 15.0 Å². The normalized spacial score (nSPS) is 11.2. The lowest BCUT2D eigenvalue weighted by atomic mass is 9.90. The number of aromatic hydroxyl groups is 2. The molecular weight excluding hydrogens is 426 g/mol. The number of aromatic nitrogens is 3. The second kappa shape index (κ2) is 8.19. The molecule has 170 valence electrons. The molecule has 7 heteroatoms. The molecular formula is C27H25N5O2. The molecule has 0 bridgehead atoms. The fraction of sp³-hybridized carbons (Fsp3) is 0.148. The van der Waals surface area contributed by atoms with Crippen LogP contribution >= 0.6 is 0 Å². The minimum atomic E-state index is 0.00552. The highest BCUT2D eigenvalue weighted by atomic mass is 16.3. The van der Waals surface area contributed by atoms with Crippen molar-refractivity contribution in [2.45, 2.75) is 0 Å². The minimum Gasteiger partial charge on any atom is -0.507 e. The third-order valence-corrected chi connectivity index (χ3v) is 5.83. The molecule has 0 unspecified atom stereocenters. The predicted octanol–water partition coefficient (Wildman–Crippen LogP) is 5.06. The van der Waals surface area contributed by atoms with Crippen LogP contribution in [-0.2, 0) is 0 Å². The minimum absolute atomic E-state index is 0.00552. The van der Waals surface area contributed by atoms with E-state index >= 15 is 0 Å². The molecule has 4 aromatic carbocycles. The van der Waals surface area contributed by atoms with Crippen molar-refractivity contribution in [2.24, 2.45) is 0 Å². The second-order valence-electron chi connectivity index (χ2n) is 8.60. The number of anilines is 2. The number of hydrogen-bond donors (Lipinski definition) is 2. The fourth-order valence-corrected chi connectivity index (χ4v) is 4.16. The van der Waals surface area contributed by atoms with Crippen LogP contribution in [0.25, 0.3) is 44.1 Å². The van der Waals surface area contributed by atoms with E-state index in [0.29, 0.717) is 34.4 Å². The van der Waals surface area contributed by atoms with Crippen molar-refractivity contribution in [3.8, 4) is 34.0 Å². The molecule has 0 spiro atoms. The van der Waals surface area contributed by atoms with Gasteiger partial charge in [-0.3, -0.25) is 0 Å². The number of rotatable bonds is 4. The lowest BCUT2D eigenvalue weighted by molar-refractivity contribution is 0.471. The van der Waals surface area contributed by atoms with Gasteiger partial charge in [0.25, 0.3) is 0 Å². The maximum absolute atomic E-state index is 11.7. The summed E-state index contributed by atoms with van der Waals surface area (Å²) in [5.74, 6) is 1.42. The van der Waals surface area contributed by atoms with E-state index in [1.807, 2.05) is 88.9 Å². The first kappa shape index (κ1) is 21.5. The Morgan fingerprint density at radius 2 is 1.18 bits per heavy atom. The van der Waals surface area contributed by atoms with Crippen molar-refractivity contribution in [3.63, 3.8) is 0 Å². The first-order valence-corrected chi connectivity index (χ1v) is 10.9. The first-order valence-electron chi connectivity index (χ1n) is 10.9. The highest BCUT2D eigenvalue weighted by molar-refractivity contribution is 6.11. The van der Waals surface area contributed by atoms with E-state index < -0.39 is 0 Å². The molecule has 0 saturated carbocycles. The summed E-state index contributed by atoms with van der Waals surface area (Å²) >= 11 is 0. The number of phenolic OH excluding ortho intramolecular Hbond substituents is 2. The van der Waals surface area contributed by atoms with Crippen LogP contribution in [0.3, 0.4) is 0 Å². The Hall–Kier alpha value is -4.39. The standard InChI is InChI=1S/C27H25N5O2/c1-31(2)26-28-25(29-27(30-26)32(3)4)20-15-17-10-6-8-12-19(17)23(24(20)34)22-18-11-7-5-9-16(18)13-14-21(22)33/h5-15,33-34H,1-4H3. The maximum atomic E-state index is 11.7. The van der Waals surface area contributed by atoms with Gasteiger partial charge >= 0.3 is 0 Å². The molecule has 0 atom stereocenters. The molecule has 0 radical (unpaired) electrons. The quantitative estimate of drug-likeness (QED) is 0.395. The lowest BCUT2D eigenvalue weighted by Gasteiger charge is -2.19. The Kier molecular flexibility index (Phi) is 5.17. The predicted molar refractivity (Wildman–Crippen MR) is 138 cm³/mol. The molecule has 0 aliphatic heterocycles. The summed E-state index contributed by atoms with van der Waals surface area (Å²) in [4.78, 5) is 17.3. The van der Waals surface area contributed by atoms with E-state index in [4.69, 9.17) is 0 Å². The summed E-state index contributed by atoms with van der Waals surface area (Å²) in [5, 5.41) is 26.2. The zero-order valence-electron chi connectivity index (χ0n) is 19.5. The Morgan fingerprint density at radius 3 is 1.79 bits per heavy atom. The van der Waals surface area contributed by atoms with Gasteiger partial charge in [0.2, 0.25) is 11.9 Å². The molecule has 0 amide bonds. The van der Waals surface area contributed by atoms with E-state index in [-0.39, 0.29) is 11.5 Å². The van der Waals surface area contributed by atoms with Gasteiger partial charge in [0.1, 0.15) is 11.5 Å². The van der Waals surface area contributed by atoms with Crippen LogP contribution in [0.5, 0.6) is 11.5 Å². The van der Waals surface area contributed by atoms with Crippen LogP contribution in [0.2, 0.25) is 0 Å². The molecule has 7 nitrogen and oxygen atoms in total. The number of benzene rings is 4. The summed E-state index contributed by atoms with van der Waals surface area (Å²) in [6, 6.07) is 21.0. The van der Waals surface area contributed by atoms with Crippen LogP contribution in [-0.4, -0.2) is 53.4 Å². The van der Waals surface area contributed by atoms with Crippen molar-refractivity contribution in [3.05, 3.63) is 66.7 Å². The van der Waals surface area contributed by atoms with Crippen LogP contribution in [0.4, 0.5) is 11.9 Å². The van der Waals surface area contributed by atoms with Gasteiger partial charge in [0.05, 0.1) is 5.56 Å². The van der Waals surface area contributed by atoms with Gasteiger partial charge in [-0.25, -0.2) is 0 Å². The fourth-order valence-electron chi connectivity index (χ4n) is 4.16. The zero-order chi connectivity index (χ0) is 24.0. The molecule has 1 heterocycles. The molecule has 0 aliphatic carbocycles. The summed E-state index contributed by atoms with van der Waals surface area (Å²) in [5.41, 5.74) is 1.58. The molecule has 1 aromatic heterocycles. The Bertz CT molecular complexity index is 1520. The third kappa shape index (κ3) is 3.51. The van der Waals surface area contributed by atoms with Crippen LogP contribution in [0.1, 0.15) is 0 Å². The average molecular weight is 452 g/mol. The van der Waals surface area contributed by atoms with Gasteiger partial charge in [-0.1, -0.05) is 54.6 Å². The molecule has 2 N–H and O–H groups in total. The molecule has 0 aliphatic rings. The molecule has 5 rings (SSSR count). The van der Waals surface area contributed by atoms with E-state index in [0.717, 1.165) is 21.5 Å². The smallest absolute Gasteiger partial charge is 0.230 e. The average Bonchev–Trinajstić information content (AvgIpc) is 2.84.